The Labute approximate surface area is 337 Å². The third-order valence-electron chi connectivity index (χ3n) is 11.5. The van der Waals surface area contributed by atoms with Gasteiger partial charge in [0.25, 0.3) is 0 Å². The molecule has 0 amide bonds. The van der Waals surface area contributed by atoms with Crippen molar-refractivity contribution < 1.29 is 4.42 Å². The predicted molar refractivity (Wildman–Crippen MR) is 245 cm³/mol. The van der Waals surface area contributed by atoms with Crippen LogP contribution in [0.2, 0.25) is 0 Å². The van der Waals surface area contributed by atoms with E-state index in [0.29, 0.717) is 0 Å². The van der Waals surface area contributed by atoms with Crippen LogP contribution in [0.25, 0.3) is 88.0 Å². The molecule has 0 saturated carbocycles. The average Bonchev–Trinajstić information content (AvgIpc) is 3.70. The molecule has 0 atom stereocenters. The van der Waals surface area contributed by atoms with Gasteiger partial charge < -0.3 is 9.32 Å². The molecular formula is C56H37NO. The second-order valence-electron chi connectivity index (χ2n) is 14.9. The molecule has 11 rings (SSSR count). The van der Waals surface area contributed by atoms with Crippen molar-refractivity contribution in [2.75, 3.05) is 4.90 Å². The topological polar surface area (TPSA) is 16.4 Å². The highest BCUT2D eigenvalue weighted by molar-refractivity contribution is 6.19. The lowest BCUT2D eigenvalue weighted by Gasteiger charge is -2.28. The first-order chi connectivity index (χ1) is 28.7. The van der Waals surface area contributed by atoms with Crippen molar-refractivity contribution in [2.45, 2.75) is 0 Å². The Morgan fingerprint density at radius 1 is 0.310 bits per heavy atom. The fourth-order valence-corrected chi connectivity index (χ4v) is 8.56. The van der Waals surface area contributed by atoms with Crippen molar-refractivity contribution in [1.82, 2.24) is 0 Å². The number of nitrogens with zero attached hydrogens (tertiary/aromatic N) is 1. The quantitative estimate of drug-likeness (QED) is 0.162. The summed E-state index contributed by atoms with van der Waals surface area (Å²) >= 11 is 0. The molecule has 0 spiro atoms. The molecule has 0 radical (unpaired) electrons. The zero-order valence-electron chi connectivity index (χ0n) is 31.7. The summed E-state index contributed by atoms with van der Waals surface area (Å²) in [5.41, 5.74) is 14.5. The van der Waals surface area contributed by atoms with Crippen molar-refractivity contribution in [3.63, 3.8) is 0 Å². The van der Waals surface area contributed by atoms with Gasteiger partial charge in [0.15, 0.2) is 0 Å². The van der Waals surface area contributed by atoms with Gasteiger partial charge in [-0.3, -0.25) is 0 Å². The van der Waals surface area contributed by atoms with Crippen molar-refractivity contribution in [1.29, 1.82) is 0 Å². The van der Waals surface area contributed by atoms with Crippen LogP contribution < -0.4 is 4.90 Å². The van der Waals surface area contributed by atoms with Crippen LogP contribution in [0.4, 0.5) is 17.1 Å². The van der Waals surface area contributed by atoms with Gasteiger partial charge in [0.05, 0.1) is 5.69 Å². The molecule has 2 heteroatoms. The van der Waals surface area contributed by atoms with Gasteiger partial charge in [-0.2, -0.15) is 0 Å². The summed E-state index contributed by atoms with van der Waals surface area (Å²) in [4.78, 5) is 2.38. The Bertz CT molecular complexity index is 3250. The molecule has 1 heterocycles. The van der Waals surface area contributed by atoms with E-state index in [9.17, 15) is 0 Å². The van der Waals surface area contributed by atoms with Crippen LogP contribution in [-0.4, -0.2) is 0 Å². The van der Waals surface area contributed by atoms with Crippen LogP contribution in [0.3, 0.4) is 0 Å². The normalized spacial score (nSPS) is 11.4. The Balaban J connectivity index is 1.01. The van der Waals surface area contributed by atoms with Gasteiger partial charge >= 0.3 is 0 Å². The van der Waals surface area contributed by atoms with E-state index < -0.39 is 0 Å². The van der Waals surface area contributed by atoms with Crippen LogP contribution in [-0.2, 0) is 0 Å². The SMILES string of the molecule is c1ccc(-c2ccc(N(c3ccc(-c4ccc(-c5ccc6ccccc6c5)cc4)cc3)c3ccccc3-c3cccc4oc5c6ccccc6ccc5c34)cc2)cc1. The molecule has 58 heavy (non-hydrogen) atoms. The van der Waals surface area contributed by atoms with E-state index in [2.05, 4.69) is 229 Å². The molecule has 0 fully saturated rings. The molecule has 0 aliphatic carbocycles. The summed E-state index contributed by atoms with van der Waals surface area (Å²) in [6.07, 6.45) is 0. The van der Waals surface area contributed by atoms with Crippen LogP contribution in [0, 0.1) is 0 Å². The van der Waals surface area contributed by atoms with Gasteiger partial charge in [-0.15, -0.1) is 0 Å². The molecule has 0 aliphatic heterocycles. The monoisotopic (exact) mass is 739 g/mol. The third kappa shape index (κ3) is 5.91. The minimum Gasteiger partial charge on any atom is -0.455 e. The number of benzene rings is 10. The lowest BCUT2D eigenvalue weighted by molar-refractivity contribution is 0.673. The molecule has 11 aromatic rings. The molecule has 0 unspecified atom stereocenters. The third-order valence-corrected chi connectivity index (χ3v) is 11.5. The molecule has 10 aromatic carbocycles. The number of para-hydroxylation sites is 1. The van der Waals surface area contributed by atoms with Crippen LogP contribution in [0.5, 0.6) is 0 Å². The Kier molecular flexibility index (Phi) is 8.19. The highest BCUT2D eigenvalue weighted by Gasteiger charge is 2.21. The van der Waals surface area contributed by atoms with Gasteiger partial charge in [-0.05, 0) is 104 Å². The van der Waals surface area contributed by atoms with Crippen molar-refractivity contribution in [3.05, 3.63) is 224 Å². The Morgan fingerprint density at radius 2 is 0.828 bits per heavy atom. The van der Waals surface area contributed by atoms with Crippen LogP contribution >= 0.6 is 0 Å². The average molecular weight is 740 g/mol. The summed E-state index contributed by atoms with van der Waals surface area (Å²) in [6.45, 7) is 0. The maximum absolute atomic E-state index is 6.64. The van der Waals surface area contributed by atoms with E-state index >= 15 is 0 Å². The lowest BCUT2D eigenvalue weighted by atomic mass is 9.95. The number of fused-ring (bicyclic) bond motifs is 6. The first-order valence-corrected chi connectivity index (χ1v) is 19.8. The standard InChI is InChI=1S/C56H37NO/c1-2-11-38(12-3-1)41-27-32-47(33-28-41)57(48-34-29-42(30-35-48)40-21-23-43(24-22-40)46-26-25-39-13-4-5-15-45(39)37-46)53-19-9-8-17-50(53)51-18-10-20-54-55(51)52-36-31-44-14-6-7-16-49(44)56(52)58-54/h1-37H. The minimum atomic E-state index is 0.883. The first kappa shape index (κ1) is 33.6. The second-order valence-corrected chi connectivity index (χ2v) is 14.9. The second kappa shape index (κ2) is 14.1. The molecule has 1 aromatic heterocycles. The van der Waals surface area contributed by atoms with Crippen molar-refractivity contribution >= 4 is 60.5 Å². The van der Waals surface area contributed by atoms with E-state index in [1.807, 2.05) is 0 Å². The van der Waals surface area contributed by atoms with Gasteiger partial charge in [0.1, 0.15) is 11.2 Å². The van der Waals surface area contributed by atoms with E-state index in [1.165, 1.54) is 49.5 Å². The van der Waals surface area contributed by atoms with Crippen LogP contribution in [0.1, 0.15) is 0 Å². The number of rotatable bonds is 7. The fraction of sp³-hybridized carbons (Fsp3) is 0. The maximum atomic E-state index is 6.64. The molecule has 0 aliphatic rings. The number of furan rings is 1. The van der Waals surface area contributed by atoms with Crippen molar-refractivity contribution in [3.8, 4) is 44.5 Å². The van der Waals surface area contributed by atoms with Gasteiger partial charge in [0.2, 0.25) is 0 Å². The molecule has 0 bridgehead atoms. The van der Waals surface area contributed by atoms with Crippen molar-refractivity contribution in [2.24, 2.45) is 0 Å². The van der Waals surface area contributed by atoms with Crippen LogP contribution in [0.15, 0.2) is 229 Å². The summed E-state index contributed by atoms with van der Waals surface area (Å²) in [6, 6.07) is 80.6. The highest BCUT2D eigenvalue weighted by Crippen LogP contribution is 2.46. The lowest BCUT2D eigenvalue weighted by Crippen LogP contribution is -2.11. The number of hydrogen-bond donors (Lipinski definition) is 0. The summed E-state index contributed by atoms with van der Waals surface area (Å²) < 4.78 is 6.64. The smallest absolute Gasteiger partial charge is 0.143 e. The molecule has 2 nitrogen and oxygen atoms in total. The zero-order chi connectivity index (χ0) is 38.4. The summed E-state index contributed by atoms with van der Waals surface area (Å²) in [5, 5.41) is 7.05. The molecule has 0 saturated heterocycles. The molecule has 272 valence electrons. The van der Waals surface area contributed by atoms with Gasteiger partial charge in [-0.25, -0.2) is 0 Å². The van der Waals surface area contributed by atoms with Gasteiger partial charge in [0, 0.05) is 33.1 Å². The van der Waals surface area contributed by atoms with Gasteiger partial charge in [-0.1, -0.05) is 176 Å². The zero-order valence-corrected chi connectivity index (χ0v) is 31.7. The van der Waals surface area contributed by atoms with E-state index in [0.717, 1.165) is 55.5 Å². The van der Waals surface area contributed by atoms with E-state index in [1.54, 1.807) is 0 Å². The predicted octanol–water partition coefficient (Wildman–Crippen LogP) is 16.0. The number of hydrogen-bond acceptors (Lipinski definition) is 2. The molecule has 0 N–H and O–H groups in total. The van der Waals surface area contributed by atoms with E-state index in [-0.39, 0.29) is 0 Å². The number of anilines is 3. The Hall–Kier alpha value is -7.68. The highest BCUT2D eigenvalue weighted by atomic mass is 16.3. The largest absolute Gasteiger partial charge is 0.455 e. The minimum absolute atomic E-state index is 0.883. The summed E-state index contributed by atoms with van der Waals surface area (Å²) in [5.74, 6) is 0. The maximum Gasteiger partial charge on any atom is 0.143 e. The summed E-state index contributed by atoms with van der Waals surface area (Å²) in [7, 11) is 0. The Morgan fingerprint density at radius 3 is 1.55 bits per heavy atom. The van der Waals surface area contributed by atoms with E-state index in [4.69, 9.17) is 4.42 Å². The molecular weight excluding hydrogens is 703 g/mol. The fourth-order valence-electron chi connectivity index (χ4n) is 8.56. The first-order valence-electron chi connectivity index (χ1n) is 19.8.